The second-order valence-electron chi connectivity index (χ2n) is 10.2. The Balaban J connectivity index is 1.23. The van der Waals surface area contributed by atoms with Crippen molar-refractivity contribution in [1.29, 1.82) is 0 Å². The quantitative estimate of drug-likeness (QED) is 0.247. The summed E-state index contributed by atoms with van der Waals surface area (Å²) in [7, 11) is 1.53. The number of ketones is 1. The van der Waals surface area contributed by atoms with Gasteiger partial charge in [-0.15, -0.1) is 0 Å². The molecule has 0 radical (unpaired) electrons. The number of methoxy groups -OCH3 is 1. The van der Waals surface area contributed by atoms with Gasteiger partial charge in [0.05, 0.1) is 18.9 Å². The maximum absolute atomic E-state index is 13.6. The third-order valence-corrected chi connectivity index (χ3v) is 8.31. The van der Waals surface area contributed by atoms with Crippen molar-refractivity contribution in [3.8, 4) is 5.75 Å². The van der Waals surface area contributed by atoms with Crippen LogP contribution in [0.25, 0.3) is 0 Å². The largest absolute Gasteiger partial charge is 0.497 e. The summed E-state index contributed by atoms with van der Waals surface area (Å²) in [6.45, 7) is -0.476. The summed E-state index contributed by atoms with van der Waals surface area (Å²) in [6.07, 6.45) is 5.42. The van der Waals surface area contributed by atoms with Gasteiger partial charge in [-0.2, -0.15) is 0 Å². The van der Waals surface area contributed by atoms with Crippen LogP contribution in [0.5, 0.6) is 5.75 Å². The topological polar surface area (TPSA) is 90.0 Å². The second-order valence-corrected chi connectivity index (χ2v) is 10.2. The van der Waals surface area contributed by atoms with Crippen LogP contribution in [0.3, 0.4) is 0 Å². The van der Waals surface area contributed by atoms with E-state index in [4.69, 9.17) is 9.47 Å². The molecule has 1 aliphatic heterocycles. The van der Waals surface area contributed by atoms with Gasteiger partial charge in [0.1, 0.15) is 11.8 Å². The van der Waals surface area contributed by atoms with Gasteiger partial charge in [-0.1, -0.05) is 42.5 Å². The molecule has 2 aromatic carbocycles. The standard InChI is InChI=1S/C29H27NO6/c1-35-18-9-7-17(8-10-18)24(31)15-36-29(34)23(13-16-5-3-2-4-6-16)30-27(32)25-19-11-12-20(22-14-21(19)22)26(25)28(30)33/h2-12,19-23,25-26H,13-15H2,1H3/t19-,20-,21-,22-,23-,25-,26+/m1/s1. The number of rotatable bonds is 8. The number of carbonyl (C=O) groups is 4. The third-order valence-electron chi connectivity index (χ3n) is 8.31. The number of hydrogen-bond acceptors (Lipinski definition) is 6. The van der Waals surface area contributed by atoms with Gasteiger partial charge in [-0.05, 0) is 59.9 Å². The zero-order chi connectivity index (χ0) is 25.0. The lowest BCUT2D eigenvalue weighted by atomic mass is 9.63. The first-order chi connectivity index (χ1) is 17.5. The number of benzene rings is 2. The Morgan fingerprint density at radius 3 is 2.11 bits per heavy atom. The van der Waals surface area contributed by atoms with Gasteiger partial charge in [0.2, 0.25) is 11.8 Å². The van der Waals surface area contributed by atoms with E-state index in [2.05, 4.69) is 12.2 Å². The summed E-state index contributed by atoms with van der Waals surface area (Å²) < 4.78 is 10.5. The van der Waals surface area contributed by atoms with Gasteiger partial charge in [0.15, 0.2) is 12.4 Å². The minimum absolute atomic E-state index is 0.0662. The highest BCUT2D eigenvalue weighted by Gasteiger charge is 2.68. The van der Waals surface area contributed by atoms with Crippen molar-refractivity contribution in [2.24, 2.45) is 35.5 Å². The zero-order valence-corrected chi connectivity index (χ0v) is 19.9. The summed E-state index contributed by atoms with van der Waals surface area (Å²) in [5, 5.41) is 0. The van der Waals surface area contributed by atoms with Crippen LogP contribution in [-0.4, -0.2) is 48.2 Å². The first-order valence-corrected chi connectivity index (χ1v) is 12.4. The highest BCUT2D eigenvalue weighted by atomic mass is 16.5. The molecule has 36 heavy (non-hydrogen) atoms. The first-order valence-electron chi connectivity index (χ1n) is 12.4. The molecule has 4 aliphatic carbocycles. The van der Waals surface area contributed by atoms with Crippen molar-refractivity contribution in [2.75, 3.05) is 13.7 Å². The van der Waals surface area contributed by atoms with E-state index in [0.717, 1.165) is 16.9 Å². The van der Waals surface area contributed by atoms with E-state index in [1.165, 1.54) is 7.11 Å². The van der Waals surface area contributed by atoms with Crippen LogP contribution in [0.1, 0.15) is 22.3 Å². The molecule has 2 saturated carbocycles. The lowest BCUT2D eigenvalue weighted by Gasteiger charge is -2.37. The Hall–Kier alpha value is -3.74. The monoisotopic (exact) mass is 485 g/mol. The van der Waals surface area contributed by atoms with Gasteiger partial charge in [-0.25, -0.2) is 4.79 Å². The van der Waals surface area contributed by atoms with Crippen molar-refractivity contribution in [3.63, 3.8) is 0 Å². The van der Waals surface area contributed by atoms with Crippen LogP contribution in [-0.2, 0) is 25.5 Å². The summed E-state index contributed by atoms with van der Waals surface area (Å²) >= 11 is 0. The molecule has 2 bridgehead atoms. The number of nitrogens with zero attached hydrogens (tertiary/aromatic N) is 1. The van der Waals surface area contributed by atoms with Gasteiger partial charge in [-0.3, -0.25) is 19.3 Å². The molecule has 2 amide bonds. The first kappa shape index (κ1) is 22.7. The van der Waals surface area contributed by atoms with Gasteiger partial charge in [0, 0.05) is 12.0 Å². The van der Waals surface area contributed by atoms with E-state index in [9.17, 15) is 19.2 Å². The van der Waals surface area contributed by atoms with Gasteiger partial charge in [0.25, 0.3) is 0 Å². The number of likely N-dealkylation sites (tertiary alicyclic amines) is 1. The molecule has 7 nitrogen and oxygen atoms in total. The van der Waals surface area contributed by atoms with Crippen LogP contribution in [0.4, 0.5) is 0 Å². The molecule has 184 valence electrons. The fourth-order valence-electron chi connectivity index (χ4n) is 6.50. The fraction of sp³-hybridized carbons (Fsp3) is 0.379. The van der Waals surface area contributed by atoms with Crippen LogP contribution >= 0.6 is 0 Å². The van der Waals surface area contributed by atoms with Crippen LogP contribution in [0, 0.1) is 35.5 Å². The predicted octanol–water partition coefficient (Wildman–Crippen LogP) is 3.09. The lowest BCUT2D eigenvalue weighted by Crippen LogP contribution is -2.48. The van der Waals surface area contributed by atoms with Gasteiger partial charge >= 0.3 is 5.97 Å². The molecule has 1 saturated heterocycles. The van der Waals surface area contributed by atoms with Crippen LogP contribution in [0.2, 0.25) is 0 Å². The summed E-state index contributed by atoms with van der Waals surface area (Å²) in [4.78, 5) is 54.5. The minimum atomic E-state index is -1.11. The SMILES string of the molecule is COc1ccc(C(=O)COC(=O)[C@@H](Cc2ccccc2)N2C(=O)[C@@H]3[C@@H]4C=C[C@H]([C@H]5C[C@H]45)[C@@H]3C2=O)cc1. The third kappa shape index (κ3) is 3.65. The van der Waals surface area contributed by atoms with Crippen LogP contribution < -0.4 is 4.74 Å². The molecule has 0 unspecified atom stereocenters. The van der Waals surface area contributed by atoms with E-state index < -0.39 is 30.5 Å². The Morgan fingerprint density at radius 2 is 1.53 bits per heavy atom. The van der Waals surface area contributed by atoms with E-state index >= 15 is 0 Å². The van der Waals surface area contributed by atoms with Crippen LogP contribution in [0.15, 0.2) is 66.7 Å². The summed E-state index contributed by atoms with van der Waals surface area (Å²) in [5.74, 6) is -0.798. The van der Waals surface area contributed by atoms with Crippen molar-refractivity contribution in [3.05, 3.63) is 77.9 Å². The number of carbonyl (C=O) groups excluding carboxylic acids is 4. The summed E-state index contributed by atoms with van der Waals surface area (Å²) in [6, 6.07) is 14.6. The average molecular weight is 486 g/mol. The number of ether oxygens (including phenoxy) is 2. The molecule has 5 aliphatic rings. The molecule has 0 N–H and O–H groups in total. The number of Topliss-reactive ketones (excluding diaryl/α,β-unsaturated/α-hetero) is 1. The molecule has 7 atom stereocenters. The molecular formula is C29H27NO6. The lowest BCUT2D eigenvalue weighted by molar-refractivity contribution is -0.158. The highest BCUT2D eigenvalue weighted by molar-refractivity contribution is 6.09. The number of amides is 2. The maximum atomic E-state index is 13.6. The van der Waals surface area contributed by atoms with Crippen molar-refractivity contribution in [2.45, 2.75) is 18.9 Å². The van der Waals surface area contributed by atoms with E-state index in [1.807, 2.05) is 30.3 Å². The number of esters is 1. The minimum Gasteiger partial charge on any atom is -0.497 e. The van der Waals surface area contributed by atoms with E-state index in [-0.39, 0.29) is 35.9 Å². The summed E-state index contributed by atoms with van der Waals surface area (Å²) in [5.41, 5.74) is 1.18. The molecular weight excluding hydrogens is 458 g/mol. The molecule has 7 rings (SSSR count). The highest BCUT2D eigenvalue weighted by Crippen LogP contribution is 2.65. The number of imide groups is 1. The van der Waals surface area contributed by atoms with E-state index in [0.29, 0.717) is 23.1 Å². The molecule has 7 heteroatoms. The fourth-order valence-corrected chi connectivity index (χ4v) is 6.50. The predicted molar refractivity (Wildman–Crippen MR) is 129 cm³/mol. The average Bonchev–Trinajstić information content (AvgIpc) is 3.70. The molecule has 0 spiro atoms. The molecule has 3 fully saturated rings. The number of hydrogen-bond donors (Lipinski definition) is 0. The molecule has 1 heterocycles. The van der Waals surface area contributed by atoms with Gasteiger partial charge < -0.3 is 9.47 Å². The molecule has 0 aromatic heterocycles. The zero-order valence-electron chi connectivity index (χ0n) is 19.9. The van der Waals surface area contributed by atoms with Crippen molar-refractivity contribution >= 4 is 23.6 Å². The Morgan fingerprint density at radius 1 is 0.917 bits per heavy atom. The van der Waals surface area contributed by atoms with Crippen molar-refractivity contribution in [1.82, 2.24) is 4.90 Å². The van der Waals surface area contributed by atoms with E-state index in [1.54, 1.807) is 24.3 Å². The maximum Gasteiger partial charge on any atom is 0.330 e. The molecule has 2 aromatic rings. The Bertz CT molecular complexity index is 1220. The Labute approximate surface area is 209 Å². The van der Waals surface area contributed by atoms with Crippen molar-refractivity contribution < 1.29 is 28.7 Å². The Kier molecular flexibility index (Phi) is 5.51. The smallest absolute Gasteiger partial charge is 0.330 e. The normalized spacial score (nSPS) is 30.0. The number of allylic oxidation sites excluding steroid dienone is 2. The second kappa shape index (κ2) is 8.73.